The number of nitrogens with zero attached hydrogens (tertiary/aromatic N) is 4. The lowest BCUT2D eigenvalue weighted by atomic mass is 10.2. The van der Waals surface area contributed by atoms with Crippen LogP contribution in [0.4, 0.5) is 0 Å². The van der Waals surface area contributed by atoms with Crippen molar-refractivity contribution in [3.8, 4) is 11.5 Å². The van der Waals surface area contributed by atoms with Crippen molar-refractivity contribution in [2.24, 2.45) is 0 Å². The average molecular weight is 318 g/mol. The van der Waals surface area contributed by atoms with Crippen LogP contribution < -0.4 is 0 Å². The highest BCUT2D eigenvalue weighted by molar-refractivity contribution is 5.76. The first-order valence-corrected chi connectivity index (χ1v) is 7.69. The molecule has 0 fully saturated rings. The lowest BCUT2D eigenvalue weighted by Gasteiger charge is -2.27. The highest BCUT2D eigenvalue weighted by Gasteiger charge is 2.19. The second-order valence-electron chi connectivity index (χ2n) is 5.72. The molecule has 1 N–H and O–H groups in total. The van der Waals surface area contributed by atoms with Crippen LogP contribution in [0.1, 0.15) is 33.1 Å². The van der Waals surface area contributed by atoms with E-state index >= 15 is 0 Å². The van der Waals surface area contributed by atoms with Crippen LogP contribution in [0.2, 0.25) is 0 Å². The molecular formula is C16H22N4O3. The number of rotatable bonds is 7. The van der Waals surface area contributed by atoms with E-state index < -0.39 is 6.10 Å². The fourth-order valence-corrected chi connectivity index (χ4v) is 2.20. The Morgan fingerprint density at radius 3 is 2.74 bits per heavy atom. The molecule has 0 aliphatic carbocycles. The Hall–Kier alpha value is -2.28. The lowest BCUT2D eigenvalue weighted by molar-refractivity contribution is -0.134. The highest BCUT2D eigenvalue weighted by atomic mass is 16.5. The molecule has 0 aromatic carbocycles. The first-order chi connectivity index (χ1) is 11.0. The van der Waals surface area contributed by atoms with Crippen molar-refractivity contribution in [1.82, 2.24) is 20.0 Å². The number of pyridine rings is 1. The minimum Gasteiger partial charge on any atom is -0.392 e. The van der Waals surface area contributed by atoms with Crippen molar-refractivity contribution in [1.29, 1.82) is 0 Å². The lowest BCUT2D eigenvalue weighted by Crippen LogP contribution is -2.41. The van der Waals surface area contributed by atoms with Gasteiger partial charge in [0.2, 0.25) is 17.6 Å². The summed E-state index contributed by atoms with van der Waals surface area (Å²) in [5.41, 5.74) is 0.631. The van der Waals surface area contributed by atoms with E-state index in [0.29, 0.717) is 30.4 Å². The van der Waals surface area contributed by atoms with Gasteiger partial charge >= 0.3 is 0 Å². The third kappa shape index (κ3) is 4.85. The van der Waals surface area contributed by atoms with Gasteiger partial charge in [0.25, 0.3) is 0 Å². The Morgan fingerprint density at radius 1 is 1.35 bits per heavy atom. The van der Waals surface area contributed by atoms with Crippen molar-refractivity contribution in [3.63, 3.8) is 0 Å². The van der Waals surface area contributed by atoms with E-state index in [9.17, 15) is 9.90 Å². The zero-order chi connectivity index (χ0) is 16.8. The van der Waals surface area contributed by atoms with Gasteiger partial charge in [-0.25, -0.2) is 0 Å². The van der Waals surface area contributed by atoms with Gasteiger partial charge in [-0.05, 0) is 32.9 Å². The largest absolute Gasteiger partial charge is 0.392 e. The molecule has 0 aliphatic rings. The second-order valence-corrected chi connectivity index (χ2v) is 5.72. The Labute approximate surface area is 135 Å². The number of carbonyl (C=O) groups excluding carboxylic acids is 1. The summed E-state index contributed by atoms with van der Waals surface area (Å²) in [6.45, 7) is 5.83. The summed E-state index contributed by atoms with van der Waals surface area (Å²) < 4.78 is 5.17. The summed E-state index contributed by atoms with van der Waals surface area (Å²) >= 11 is 0. The molecule has 0 aliphatic heterocycles. The molecule has 0 saturated heterocycles. The van der Waals surface area contributed by atoms with Gasteiger partial charge < -0.3 is 14.5 Å². The fourth-order valence-electron chi connectivity index (χ4n) is 2.20. The summed E-state index contributed by atoms with van der Waals surface area (Å²) in [7, 11) is 0. The zero-order valence-electron chi connectivity index (χ0n) is 13.6. The van der Waals surface area contributed by atoms with Crippen molar-refractivity contribution in [3.05, 3.63) is 30.3 Å². The first-order valence-electron chi connectivity index (χ1n) is 7.69. The number of aliphatic hydroxyl groups excluding tert-OH is 1. The van der Waals surface area contributed by atoms with E-state index in [1.165, 1.54) is 0 Å². The molecule has 2 aromatic rings. The minimum absolute atomic E-state index is 0.0314. The van der Waals surface area contributed by atoms with E-state index in [4.69, 9.17) is 4.52 Å². The Bertz CT molecular complexity index is 625. The summed E-state index contributed by atoms with van der Waals surface area (Å²) in [5.74, 6) is 0.774. The maximum Gasteiger partial charge on any atom is 0.227 e. The fraction of sp³-hybridized carbons (Fsp3) is 0.500. The van der Waals surface area contributed by atoms with E-state index in [1.807, 2.05) is 26.0 Å². The van der Waals surface area contributed by atoms with Gasteiger partial charge in [-0.1, -0.05) is 11.2 Å². The highest BCUT2D eigenvalue weighted by Crippen LogP contribution is 2.13. The smallest absolute Gasteiger partial charge is 0.227 e. The summed E-state index contributed by atoms with van der Waals surface area (Å²) in [6, 6.07) is 5.48. The van der Waals surface area contributed by atoms with Gasteiger partial charge in [0.1, 0.15) is 5.69 Å². The molecule has 0 radical (unpaired) electrons. The van der Waals surface area contributed by atoms with Gasteiger partial charge in [0.15, 0.2) is 0 Å². The van der Waals surface area contributed by atoms with Crippen molar-refractivity contribution < 1.29 is 14.4 Å². The summed E-state index contributed by atoms with van der Waals surface area (Å²) in [5, 5.41) is 13.4. The number of aliphatic hydroxyl groups is 1. The molecular weight excluding hydrogens is 296 g/mol. The van der Waals surface area contributed by atoms with Crippen LogP contribution in [0, 0.1) is 0 Å². The molecule has 2 aromatic heterocycles. The van der Waals surface area contributed by atoms with Gasteiger partial charge in [-0.15, -0.1) is 0 Å². The third-order valence-electron chi connectivity index (χ3n) is 3.32. The van der Waals surface area contributed by atoms with E-state index in [2.05, 4.69) is 15.1 Å². The van der Waals surface area contributed by atoms with E-state index in [-0.39, 0.29) is 18.4 Å². The minimum atomic E-state index is -0.555. The molecule has 1 unspecified atom stereocenters. The number of aromatic nitrogens is 3. The quantitative estimate of drug-likeness (QED) is 0.835. The maximum absolute atomic E-state index is 12.3. The third-order valence-corrected chi connectivity index (χ3v) is 3.32. The Morgan fingerprint density at radius 2 is 2.13 bits per heavy atom. The number of carbonyl (C=O) groups is 1. The predicted molar refractivity (Wildman–Crippen MR) is 84.4 cm³/mol. The number of hydrogen-bond donors (Lipinski definition) is 1. The maximum atomic E-state index is 12.3. The van der Waals surface area contributed by atoms with Crippen LogP contribution in [-0.2, 0) is 11.2 Å². The van der Waals surface area contributed by atoms with Gasteiger partial charge in [0.05, 0.1) is 6.10 Å². The Balaban J connectivity index is 1.95. The molecule has 0 bridgehead atoms. The number of hydrogen-bond acceptors (Lipinski definition) is 6. The second kappa shape index (κ2) is 7.82. The molecule has 1 atom stereocenters. The molecule has 124 valence electrons. The van der Waals surface area contributed by atoms with Crippen LogP contribution in [0.5, 0.6) is 0 Å². The normalized spacial score (nSPS) is 12.4. The average Bonchev–Trinajstić information content (AvgIpc) is 2.99. The molecule has 7 heteroatoms. The molecule has 2 rings (SSSR count). The SMILES string of the molecule is CC(O)CN(C(=O)CCc1nc(-c2ccccn2)no1)C(C)C. The van der Waals surface area contributed by atoms with Crippen LogP contribution in [0.15, 0.2) is 28.9 Å². The molecule has 23 heavy (non-hydrogen) atoms. The number of aryl methyl sites for hydroxylation is 1. The topological polar surface area (TPSA) is 92.3 Å². The van der Waals surface area contributed by atoms with Crippen molar-refractivity contribution in [2.45, 2.75) is 45.8 Å². The Kier molecular flexibility index (Phi) is 5.81. The summed E-state index contributed by atoms with van der Waals surface area (Å²) in [4.78, 5) is 22.3. The number of amides is 1. The predicted octanol–water partition coefficient (Wildman–Crippen LogP) is 1.68. The van der Waals surface area contributed by atoms with Crippen molar-refractivity contribution in [2.75, 3.05) is 6.54 Å². The molecule has 0 spiro atoms. The first kappa shape index (κ1) is 17.1. The summed E-state index contributed by atoms with van der Waals surface area (Å²) in [6.07, 6.45) is 1.72. The van der Waals surface area contributed by atoms with Crippen LogP contribution >= 0.6 is 0 Å². The standard InChI is InChI=1S/C16H22N4O3/c1-11(2)20(10-12(3)21)15(22)8-7-14-18-16(19-23-14)13-6-4-5-9-17-13/h4-6,9,11-12,21H,7-8,10H2,1-3H3. The van der Waals surface area contributed by atoms with Crippen LogP contribution in [0.25, 0.3) is 11.5 Å². The zero-order valence-corrected chi connectivity index (χ0v) is 13.6. The molecule has 7 nitrogen and oxygen atoms in total. The van der Waals surface area contributed by atoms with Gasteiger partial charge in [-0.3, -0.25) is 9.78 Å². The molecule has 1 amide bonds. The molecule has 0 saturated carbocycles. The van der Waals surface area contributed by atoms with Gasteiger partial charge in [-0.2, -0.15) is 4.98 Å². The molecule has 2 heterocycles. The van der Waals surface area contributed by atoms with Crippen molar-refractivity contribution >= 4 is 5.91 Å². The van der Waals surface area contributed by atoms with Crippen LogP contribution in [-0.4, -0.2) is 49.7 Å². The van der Waals surface area contributed by atoms with E-state index in [0.717, 1.165) is 0 Å². The van der Waals surface area contributed by atoms with Gasteiger partial charge in [0, 0.05) is 31.6 Å². The van der Waals surface area contributed by atoms with E-state index in [1.54, 1.807) is 24.1 Å². The van der Waals surface area contributed by atoms with Crippen LogP contribution in [0.3, 0.4) is 0 Å². The monoisotopic (exact) mass is 318 g/mol.